The van der Waals surface area contributed by atoms with Crippen molar-refractivity contribution in [3.8, 4) is 0 Å². The Morgan fingerprint density at radius 2 is 2.04 bits per heavy atom. The summed E-state index contributed by atoms with van der Waals surface area (Å²) in [4.78, 5) is 10.6. The summed E-state index contributed by atoms with van der Waals surface area (Å²) in [6, 6.07) is 8.39. The predicted molar refractivity (Wildman–Crippen MR) is 96.0 cm³/mol. The van der Waals surface area contributed by atoms with Crippen molar-refractivity contribution >= 4 is 23.1 Å². The number of aromatic nitrogens is 2. The third-order valence-electron chi connectivity index (χ3n) is 4.67. The number of nitrogens with one attached hydrogen (secondary N) is 2. The van der Waals surface area contributed by atoms with Gasteiger partial charge in [-0.3, -0.25) is 0 Å². The zero-order valence-corrected chi connectivity index (χ0v) is 14.0. The van der Waals surface area contributed by atoms with E-state index in [0.29, 0.717) is 12.0 Å². The highest BCUT2D eigenvalue weighted by Gasteiger charge is 2.19. The minimum atomic E-state index is -0.417. The topological polar surface area (TPSA) is 62.3 Å². The van der Waals surface area contributed by atoms with Gasteiger partial charge in [-0.2, -0.15) is 4.98 Å². The molecule has 4 rings (SSSR count). The van der Waals surface area contributed by atoms with Gasteiger partial charge in [0.25, 0.3) is 0 Å². The second-order valence-electron chi connectivity index (χ2n) is 6.44. The summed E-state index contributed by atoms with van der Waals surface area (Å²) in [5.41, 5.74) is 2.01. The molecule has 1 aliphatic carbocycles. The first-order valence-corrected chi connectivity index (χ1v) is 8.77. The maximum atomic E-state index is 13.9. The lowest BCUT2D eigenvalue weighted by Gasteiger charge is -2.29. The molecule has 2 fully saturated rings. The van der Waals surface area contributed by atoms with Crippen molar-refractivity contribution in [3.63, 3.8) is 0 Å². The van der Waals surface area contributed by atoms with Crippen LogP contribution in [0.3, 0.4) is 0 Å². The normalized spacial score (nSPS) is 17.9. The Labute approximate surface area is 146 Å². The third kappa shape index (κ3) is 3.82. The van der Waals surface area contributed by atoms with Crippen LogP contribution in [0.5, 0.6) is 0 Å². The number of morpholine rings is 1. The highest BCUT2D eigenvalue weighted by Crippen LogP contribution is 2.25. The van der Waals surface area contributed by atoms with Crippen molar-refractivity contribution in [2.24, 2.45) is 0 Å². The number of halogens is 1. The van der Waals surface area contributed by atoms with E-state index >= 15 is 0 Å². The molecule has 6 nitrogen and oxygen atoms in total. The van der Waals surface area contributed by atoms with Gasteiger partial charge in [0, 0.05) is 30.5 Å². The molecule has 0 amide bonds. The number of benzene rings is 1. The van der Waals surface area contributed by atoms with Gasteiger partial charge < -0.3 is 20.3 Å². The molecule has 2 heterocycles. The molecular formula is C18H22FN5O. The quantitative estimate of drug-likeness (QED) is 0.870. The summed E-state index contributed by atoms with van der Waals surface area (Å²) in [5.74, 6) is 0.244. The fourth-order valence-corrected chi connectivity index (χ4v) is 3.01. The standard InChI is InChI=1S/C18H22FN5O/c19-16-12-20-18(23-17(16)21-13-3-1-4-13)22-14-5-2-6-15(11-14)24-7-9-25-10-8-24/h2,5-6,11-13H,1,3-4,7-10H2,(H2,20,21,22,23). The highest BCUT2D eigenvalue weighted by molar-refractivity contribution is 5.62. The minimum Gasteiger partial charge on any atom is -0.378 e. The number of ether oxygens (including phenoxy) is 1. The van der Waals surface area contributed by atoms with Crippen LogP contribution < -0.4 is 15.5 Å². The Bertz CT molecular complexity index is 731. The fraction of sp³-hybridized carbons (Fsp3) is 0.444. The first kappa shape index (κ1) is 16.1. The molecule has 1 aliphatic heterocycles. The first-order valence-electron chi connectivity index (χ1n) is 8.77. The molecule has 0 radical (unpaired) electrons. The van der Waals surface area contributed by atoms with Gasteiger partial charge in [-0.1, -0.05) is 6.07 Å². The van der Waals surface area contributed by atoms with Crippen molar-refractivity contribution in [2.75, 3.05) is 41.8 Å². The van der Waals surface area contributed by atoms with Crippen molar-refractivity contribution < 1.29 is 9.13 Å². The van der Waals surface area contributed by atoms with E-state index in [1.807, 2.05) is 12.1 Å². The number of hydrogen-bond donors (Lipinski definition) is 2. The Hall–Kier alpha value is -2.41. The molecule has 7 heteroatoms. The van der Waals surface area contributed by atoms with Gasteiger partial charge in [-0.05, 0) is 37.5 Å². The average Bonchev–Trinajstić information content (AvgIpc) is 2.61. The van der Waals surface area contributed by atoms with E-state index in [1.54, 1.807) is 0 Å². The maximum Gasteiger partial charge on any atom is 0.229 e. The molecule has 1 aromatic heterocycles. The molecule has 0 spiro atoms. The summed E-state index contributed by atoms with van der Waals surface area (Å²) >= 11 is 0. The van der Waals surface area contributed by atoms with Crippen LogP contribution >= 0.6 is 0 Å². The number of nitrogens with zero attached hydrogens (tertiary/aromatic N) is 3. The lowest BCUT2D eigenvalue weighted by atomic mass is 9.93. The minimum absolute atomic E-state index is 0.270. The molecular weight excluding hydrogens is 321 g/mol. The van der Waals surface area contributed by atoms with Crippen LogP contribution in [0.15, 0.2) is 30.5 Å². The van der Waals surface area contributed by atoms with Crippen molar-refractivity contribution in [1.82, 2.24) is 9.97 Å². The second-order valence-corrected chi connectivity index (χ2v) is 6.44. The first-order chi connectivity index (χ1) is 12.3. The third-order valence-corrected chi connectivity index (χ3v) is 4.67. The SMILES string of the molecule is Fc1cnc(Nc2cccc(N3CCOCC3)c2)nc1NC1CCC1. The number of rotatable bonds is 5. The van der Waals surface area contributed by atoms with Crippen LogP contribution in [0, 0.1) is 5.82 Å². The van der Waals surface area contributed by atoms with E-state index in [4.69, 9.17) is 4.74 Å². The predicted octanol–water partition coefficient (Wildman–Crippen LogP) is 3.16. The lowest BCUT2D eigenvalue weighted by Crippen LogP contribution is -2.36. The van der Waals surface area contributed by atoms with Gasteiger partial charge in [-0.25, -0.2) is 9.37 Å². The summed E-state index contributed by atoms with van der Waals surface area (Å²) in [5, 5.41) is 6.32. The van der Waals surface area contributed by atoms with E-state index in [1.165, 1.54) is 12.6 Å². The average molecular weight is 343 g/mol. The van der Waals surface area contributed by atoms with E-state index in [0.717, 1.165) is 50.5 Å². The van der Waals surface area contributed by atoms with Crippen molar-refractivity contribution in [3.05, 3.63) is 36.3 Å². The highest BCUT2D eigenvalue weighted by atomic mass is 19.1. The molecule has 2 aromatic rings. The smallest absolute Gasteiger partial charge is 0.229 e. The second kappa shape index (κ2) is 7.23. The molecule has 1 saturated heterocycles. The van der Waals surface area contributed by atoms with Crippen LogP contribution in [-0.2, 0) is 4.74 Å². The van der Waals surface area contributed by atoms with Crippen LogP contribution in [0.1, 0.15) is 19.3 Å². The Balaban J connectivity index is 1.48. The molecule has 132 valence electrons. The fourth-order valence-electron chi connectivity index (χ4n) is 3.01. The van der Waals surface area contributed by atoms with Gasteiger partial charge in [-0.15, -0.1) is 0 Å². The largest absolute Gasteiger partial charge is 0.378 e. The Kier molecular flexibility index (Phi) is 4.65. The lowest BCUT2D eigenvalue weighted by molar-refractivity contribution is 0.122. The van der Waals surface area contributed by atoms with Gasteiger partial charge in [0.05, 0.1) is 19.4 Å². The van der Waals surface area contributed by atoms with E-state index in [-0.39, 0.29) is 5.82 Å². The van der Waals surface area contributed by atoms with Gasteiger partial charge in [0.15, 0.2) is 11.6 Å². The summed E-state index contributed by atoms with van der Waals surface area (Å²) in [6.45, 7) is 3.25. The van der Waals surface area contributed by atoms with Gasteiger partial charge in [0.1, 0.15) is 0 Å². The van der Waals surface area contributed by atoms with Crippen molar-refractivity contribution in [2.45, 2.75) is 25.3 Å². The van der Waals surface area contributed by atoms with Crippen LogP contribution in [0.2, 0.25) is 0 Å². The molecule has 0 bridgehead atoms. The Morgan fingerprint density at radius 1 is 1.20 bits per heavy atom. The van der Waals surface area contributed by atoms with Crippen LogP contribution in [0.25, 0.3) is 0 Å². The molecule has 0 unspecified atom stereocenters. The summed E-state index contributed by atoms with van der Waals surface area (Å²) in [6.07, 6.45) is 4.52. The monoisotopic (exact) mass is 343 g/mol. The molecule has 25 heavy (non-hydrogen) atoms. The molecule has 1 aromatic carbocycles. The molecule has 1 saturated carbocycles. The molecule has 0 atom stereocenters. The van der Waals surface area contributed by atoms with Gasteiger partial charge in [0.2, 0.25) is 5.95 Å². The van der Waals surface area contributed by atoms with Crippen LogP contribution in [-0.4, -0.2) is 42.3 Å². The zero-order chi connectivity index (χ0) is 17.1. The van der Waals surface area contributed by atoms with E-state index in [2.05, 4.69) is 37.6 Å². The maximum absolute atomic E-state index is 13.9. The van der Waals surface area contributed by atoms with Crippen molar-refractivity contribution in [1.29, 1.82) is 0 Å². The van der Waals surface area contributed by atoms with Gasteiger partial charge >= 0.3 is 0 Å². The van der Waals surface area contributed by atoms with E-state index < -0.39 is 5.82 Å². The number of anilines is 4. The summed E-state index contributed by atoms with van der Waals surface area (Å²) in [7, 11) is 0. The number of hydrogen-bond acceptors (Lipinski definition) is 6. The molecule has 2 N–H and O–H groups in total. The van der Waals surface area contributed by atoms with Crippen LogP contribution in [0.4, 0.5) is 27.5 Å². The summed E-state index contributed by atoms with van der Waals surface area (Å²) < 4.78 is 19.3. The zero-order valence-electron chi connectivity index (χ0n) is 14.0. The molecule has 2 aliphatic rings. The Morgan fingerprint density at radius 3 is 2.80 bits per heavy atom. The van der Waals surface area contributed by atoms with E-state index in [9.17, 15) is 4.39 Å².